The topological polar surface area (TPSA) is 44.8 Å². The van der Waals surface area contributed by atoms with E-state index >= 15 is 0 Å². The number of hydrogen-bond acceptors (Lipinski definition) is 4. The van der Waals surface area contributed by atoms with E-state index in [9.17, 15) is 4.79 Å². The summed E-state index contributed by atoms with van der Waals surface area (Å²) in [5, 5.41) is 0. The second-order valence-corrected chi connectivity index (χ2v) is 3.62. The summed E-state index contributed by atoms with van der Waals surface area (Å²) in [7, 11) is 0. The van der Waals surface area contributed by atoms with Gasteiger partial charge in [0.05, 0.1) is 25.9 Å². The minimum absolute atomic E-state index is 0.0410. The van der Waals surface area contributed by atoms with Crippen LogP contribution in [-0.4, -0.2) is 38.5 Å². The fourth-order valence-electron chi connectivity index (χ4n) is 1.03. The highest BCUT2D eigenvalue weighted by atomic mass is 16.5. The zero-order chi connectivity index (χ0) is 12.2. The molecule has 0 aromatic heterocycles. The molecule has 0 amide bonds. The van der Waals surface area contributed by atoms with Crippen molar-refractivity contribution in [2.24, 2.45) is 0 Å². The first-order valence-electron chi connectivity index (χ1n) is 5.62. The zero-order valence-corrected chi connectivity index (χ0v) is 10.2. The van der Waals surface area contributed by atoms with Gasteiger partial charge in [0.15, 0.2) is 0 Å². The molecular formula is C12H22O4. The molecule has 0 bridgehead atoms. The van der Waals surface area contributed by atoms with Crippen LogP contribution in [0.4, 0.5) is 0 Å². The van der Waals surface area contributed by atoms with Gasteiger partial charge in [-0.05, 0) is 20.3 Å². The predicted molar refractivity (Wildman–Crippen MR) is 62.3 cm³/mol. The first-order chi connectivity index (χ1) is 7.66. The highest BCUT2D eigenvalue weighted by Gasteiger charge is 2.04. The van der Waals surface area contributed by atoms with Crippen molar-refractivity contribution in [3.8, 4) is 0 Å². The minimum atomic E-state index is -0.165. The molecule has 0 rings (SSSR count). The molecule has 0 heterocycles. The fourth-order valence-corrected chi connectivity index (χ4v) is 1.03. The highest BCUT2D eigenvalue weighted by molar-refractivity contribution is 5.69. The quantitative estimate of drug-likeness (QED) is 0.327. The maximum absolute atomic E-state index is 11.1. The molecule has 0 aromatic carbocycles. The molecule has 16 heavy (non-hydrogen) atoms. The first kappa shape index (κ1) is 15.1. The predicted octanol–water partition coefficient (Wildman–Crippen LogP) is 1.94. The van der Waals surface area contributed by atoms with E-state index in [0.717, 1.165) is 0 Å². The number of ether oxygens (including phenoxy) is 3. The molecular weight excluding hydrogens is 208 g/mol. The summed E-state index contributed by atoms with van der Waals surface area (Å²) >= 11 is 0. The molecule has 0 saturated heterocycles. The van der Waals surface area contributed by atoms with Crippen LogP contribution < -0.4 is 0 Å². The lowest BCUT2D eigenvalue weighted by Crippen LogP contribution is -2.12. The van der Waals surface area contributed by atoms with Crippen molar-refractivity contribution >= 4 is 5.97 Å². The SMILES string of the molecule is C=CCOCCOCCCC(=O)OC(C)C. The average Bonchev–Trinajstić information content (AvgIpc) is 2.21. The zero-order valence-electron chi connectivity index (χ0n) is 10.2. The van der Waals surface area contributed by atoms with Crippen molar-refractivity contribution in [1.29, 1.82) is 0 Å². The van der Waals surface area contributed by atoms with Crippen molar-refractivity contribution in [3.05, 3.63) is 12.7 Å². The van der Waals surface area contributed by atoms with E-state index in [1.165, 1.54) is 0 Å². The van der Waals surface area contributed by atoms with E-state index in [-0.39, 0.29) is 12.1 Å². The lowest BCUT2D eigenvalue weighted by Gasteiger charge is -2.07. The molecule has 0 aromatic rings. The van der Waals surface area contributed by atoms with Crippen LogP contribution in [0.5, 0.6) is 0 Å². The van der Waals surface area contributed by atoms with E-state index < -0.39 is 0 Å². The van der Waals surface area contributed by atoms with Crippen LogP contribution in [0.1, 0.15) is 26.7 Å². The summed E-state index contributed by atoms with van der Waals surface area (Å²) in [6, 6.07) is 0. The van der Waals surface area contributed by atoms with Crippen molar-refractivity contribution < 1.29 is 19.0 Å². The van der Waals surface area contributed by atoms with Crippen LogP contribution in [0.2, 0.25) is 0 Å². The number of carbonyl (C=O) groups is 1. The molecule has 0 fully saturated rings. The Morgan fingerprint density at radius 1 is 1.25 bits per heavy atom. The molecule has 4 nitrogen and oxygen atoms in total. The molecule has 0 atom stereocenters. The molecule has 0 aliphatic heterocycles. The Labute approximate surface area is 97.6 Å². The van der Waals surface area contributed by atoms with Crippen molar-refractivity contribution in [2.75, 3.05) is 26.4 Å². The Hall–Kier alpha value is -0.870. The second kappa shape index (κ2) is 10.6. The molecule has 0 spiro atoms. The first-order valence-corrected chi connectivity index (χ1v) is 5.62. The van der Waals surface area contributed by atoms with Gasteiger partial charge in [-0.3, -0.25) is 4.79 Å². The molecule has 0 aliphatic rings. The summed E-state index contributed by atoms with van der Waals surface area (Å²) in [4.78, 5) is 11.1. The molecule has 94 valence electrons. The maximum Gasteiger partial charge on any atom is 0.306 e. The summed E-state index contributed by atoms with van der Waals surface area (Å²) in [5.74, 6) is -0.165. The van der Waals surface area contributed by atoms with Gasteiger partial charge >= 0.3 is 5.97 Å². The summed E-state index contributed by atoms with van der Waals surface area (Å²) in [6.07, 6.45) is 2.75. The Balaban J connectivity index is 3.14. The number of esters is 1. The van der Waals surface area contributed by atoms with Gasteiger partial charge in [0.2, 0.25) is 0 Å². The van der Waals surface area contributed by atoms with Crippen molar-refractivity contribution in [2.45, 2.75) is 32.8 Å². The van der Waals surface area contributed by atoms with Crippen LogP contribution in [0.25, 0.3) is 0 Å². The van der Waals surface area contributed by atoms with Gasteiger partial charge in [-0.1, -0.05) is 6.08 Å². The van der Waals surface area contributed by atoms with Gasteiger partial charge < -0.3 is 14.2 Å². The van der Waals surface area contributed by atoms with E-state index in [0.29, 0.717) is 39.3 Å². The lowest BCUT2D eigenvalue weighted by atomic mass is 10.3. The third-order valence-corrected chi connectivity index (χ3v) is 1.64. The summed E-state index contributed by atoms with van der Waals surface area (Å²) in [6.45, 7) is 9.42. The van der Waals surface area contributed by atoms with Gasteiger partial charge in [0.1, 0.15) is 0 Å². The van der Waals surface area contributed by atoms with Gasteiger partial charge in [0.25, 0.3) is 0 Å². The summed E-state index contributed by atoms with van der Waals surface area (Å²) in [5.41, 5.74) is 0. The van der Waals surface area contributed by atoms with Crippen LogP contribution in [0.3, 0.4) is 0 Å². The van der Waals surface area contributed by atoms with Gasteiger partial charge in [-0.2, -0.15) is 0 Å². The largest absolute Gasteiger partial charge is 0.463 e. The number of hydrogen-bond donors (Lipinski definition) is 0. The number of carbonyl (C=O) groups excluding carboxylic acids is 1. The molecule has 0 N–H and O–H groups in total. The Bertz CT molecular complexity index is 189. The van der Waals surface area contributed by atoms with Gasteiger partial charge in [-0.15, -0.1) is 6.58 Å². The second-order valence-electron chi connectivity index (χ2n) is 3.62. The third-order valence-electron chi connectivity index (χ3n) is 1.64. The number of rotatable bonds is 10. The van der Waals surface area contributed by atoms with Crippen molar-refractivity contribution in [1.82, 2.24) is 0 Å². The Kier molecular flexibility index (Phi) is 10.1. The van der Waals surface area contributed by atoms with Crippen molar-refractivity contribution in [3.63, 3.8) is 0 Å². The molecule has 0 radical (unpaired) electrons. The minimum Gasteiger partial charge on any atom is -0.463 e. The highest BCUT2D eigenvalue weighted by Crippen LogP contribution is 1.97. The summed E-state index contributed by atoms with van der Waals surface area (Å²) < 4.78 is 15.4. The van der Waals surface area contributed by atoms with Crippen LogP contribution in [0, 0.1) is 0 Å². The van der Waals surface area contributed by atoms with Crippen LogP contribution in [-0.2, 0) is 19.0 Å². The van der Waals surface area contributed by atoms with E-state index in [1.807, 2.05) is 13.8 Å². The molecule has 4 heteroatoms. The Morgan fingerprint density at radius 2 is 1.94 bits per heavy atom. The van der Waals surface area contributed by atoms with Crippen LogP contribution >= 0.6 is 0 Å². The molecule has 0 unspecified atom stereocenters. The van der Waals surface area contributed by atoms with E-state index in [1.54, 1.807) is 6.08 Å². The monoisotopic (exact) mass is 230 g/mol. The van der Waals surface area contributed by atoms with Gasteiger partial charge in [0, 0.05) is 13.0 Å². The Morgan fingerprint density at radius 3 is 2.56 bits per heavy atom. The van der Waals surface area contributed by atoms with E-state index in [2.05, 4.69) is 6.58 Å². The normalized spacial score (nSPS) is 10.4. The smallest absolute Gasteiger partial charge is 0.306 e. The van der Waals surface area contributed by atoms with Crippen LogP contribution in [0.15, 0.2) is 12.7 Å². The molecule has 0 aliphatic carbocycles. The molecule has 0 saturated carbocycles. The van der Waals surface area contributed by atoms with E-state index in [4.69, 9.17) is 14.2 Å². The maximum atomic E-state index is 11.1. The average molecular weight is 230 g/mol. The fraction of sp³-hybridized carbons (Fsp3) is 0.750. The lowest BCUT2D eigenvalue weighted by molar-refractivity contribution is -0.147. The third kappa shape index (κ3) is 11.2. The standard InChI is InChI=1S/C12H22O4/c1-4-7-14-9-10-15-8-5-6-12(13)16-11(2)3/h4,11H,1,5-10H2,2-3H3. The van der Waals surface area contributed by atoms with Gasteiger partial charge in [-0.25, -0.2) is 0 Å².